The van der Waals surface area contributed by atoms with Gasteiger partial charge in [-0.25, -0.2) is 0 Å². The average Bonchev–Trinajstić information content (AvgIpc) is 3.20. The van der Waals surface area contributed by atoms with E-state index in [-0.39, 0.29) is 5.97 Å². The molecule has 154 valence electrons. The largest absolute Gasteiger partial charge is 0.494 e. The van der Waals surface area contributed by atoms with Gasteiger partial charge in [0.1, 0.15) is 11.5 Å². The Morgan fingerprint density at radius 2 is 1.66 bits per heavy atom. The zero-order chi connectivity index (χ0) is 20.1. The zero-order valence-electron chi connectivity index (χ0n) is 17.2. The van der Waals surface area contributed by atoms with E-state index in [1.54, 1.807) is 0 Å². The number of piperazine rings is 1. The maximum absolute atomic E-state index is 11.0. The van der Waals surface area contributed by atoms with Gasteiger partial charge in [-0.1, -0.05) is 6.07 Å². The highest BCUT2D eigenvalue weighted by Crippen LogP contribution is 2.26. The van der Waals surface area contributed by atoms with Gasteiger partial charge in [0.15, 0.2) is 0 Å². The Labute approximate surface area is 173 Å². The topological polar surface area (TPSA) is 42.0 Å². The molecule has 0 spiro atoms. The van der Waals surface area contributed by atoms with Crippen LogP contribution in [0.15, 0.2) is 42.5 Å². The summed E-state index contributed by atoms with van der Waals surface area (Å²) in [7, 11) is 0. The van der Waals surface area contributed by atoms with Gasteiger partial charge in [-0.05, 0) is 73.2 Å². The Morgan fingerprint density at radius 1 is 0.931 bits per heavy atom. The molecule has 0 N–H and O–H groups in total. The summed E-state index contributed by atoms with van der Waals surface area (Å²) < 4.78 is 11.1. The molecule has 1 fully saturated rings. The van der Waals surface area contributed by atoms with Crippen LogP contribution in [0.25, 0.3) is 0 Å². The van der Waals surface area contributed by atoms with Gasteiger partial charge in [0.25, 0.3) is 0 Å². The number of nitrogens with zero attached hydrogens (tertiary/aromatic N) is 2. The highest BCUT2D eigenvalue weighted by Gasteiger charge is 2.17. The van der Waals surface area contributed by atoms with Crippen LogP contribution in [0, 0.1) is 0 Å². The van der Waals surface area contributed by atoms with Gasteiger partial charge >= 0.3 is 5.97 Å². The van der Waals surface area contributed by atoms with E-state index in [9.17, 15) is 4.79 Å². The van der Waals surface area contributed by atoms with Crippen molar-refractivity contribution in [3.8, 4) is 11.5 Å². The molecule has 1 aliphatic carbocycles. The van der Waals surface area contributed by atoms with Crippen molar-refractivity contribution in [3.63, 3.8) is 0 Å². The lowest BCUT2D eigenvalue weighted by Crippen LogP contribution is -2.46. The maximum Gasteiger partial charge on any atom is 0.308 e. The van der Waals surface area contributed by atoms with E-state index in [1.165, 1.54) is 43.0 Å². The molecule has 0 aromatic heterocycles. The van der Waals surface area contributed by atoms with E-state index in [4.69, 9.17) is 9.47 Å². The second-order valence-corrected chi connectivity index (χ2v) is 7.90. The third-order valence-corrected chi connectivity index (χ3v) is 5.79. The summed E-state index contributed by atoms with van der Waals surface area (Å²) in [6.45, 7) is 7.41. The first-order chi connectivity index (χ1) is 14.2. The molecular weight excluding hydrogens is 364 g/mol. The predicted octanol–water partition coefficient (Wildman–Crippen LogP) is 3.69. The molecule has 0 atom stereocenters. The number of carbonyl (C=O) groups is 1. The number of anilines is 1. The van der Waals surface area contributed by atoms with Crippen LogP contribution in [-0.2, 0) is 17.6 Å². The molecule has 2 aliphatic rings. The number of aryl methyl sites for hydroxylation is 2. The third-order valence-electron chi connectivity index (χ3n) is 5.79. The van der Waals surface area contributed by atoms with Gasteiger partial charge in [0.05, 0.1) is 6.61 Å². The van der Waals surface area contributed by atoms with Crippen LogP contribution in [0.1, 0.15) is 30.9 Å². The second-order valence-electron chi connectivity index (χ2n) is 7.90. The van der Waals surface area contributed by atoms with E-state index in [2.05, 4.69) is 28.0 Å². The fourth-order valence-electron chi connectivity index (χ4n) is 4.24. The van der Waals surface area contributed by atoms with Crippen LogP contribution in [0.5, 0.6) is 11.5 Å². The van der Waals surface area contributed by atoms with E-state index in [0.717, 1.165) is 51.5 Å². The summed E-state index contributed by atoms with van der Waals surface area (Å²) in [5.41, 5.74) is 4.15. The van der Waals surface area contributed by atoms with Gasteiger partial charge in [0, 0.05) is 45.3 Å². The number of rotatable bonds is 7. The number of benzene rings is 2. The zero-order valence-corrected chi connectivity index (χ0v) is 17.2. The van der Waals surface area contributed by atoms with Crippen LogP contribution in [0.2, 0.25) is 0 Å². The molecule has 4 rings (SSSR count). The lowest BCUT2D eigenvalue weighted by molar-refractivity contribution is -0.131. The molecule has 2 aromatic rings. The second kappa shape index (κ2) is 9.31. The molecule has 0 unspecified atom stereocenters. The van der Waals surface area contributed by atoms with Crippen LogP contribution in [0.4, 0.5) is 5.69 Å². The average molecular weight is 395 g/mol. The predicted molar refractivity (Wildman–Crippen MR) is 115 cm³/mol. The van der Waals surface area contributed by atoms with Crippen molar-refractivity contribution in [1.82, 2.24) is 4.90 Å². The number of fused-ring (bicyclic) bond motifs is 1. The smallest absolute Gasteiger partial charge is 0.308 e. The van der Waals surface area contributed by atoms with Crippen molar-refractivity contribution in [2.24, 2.45) is 0 Å². The summed E-state index contributed by atoms with van der Waals surface area (Å²) in [6, 6.07) is 14.4. The van der Waals surface area contributed by atoms with Gasteiger partial charge in [-0.2, -0.15) is 0 Å². The van der Waals surface area contributed by atoms with Crippen molar-refractivity contribution in [2.75, 3.05) is 44.2 Å². The van der Waals surface area contributed by atoms with Gasteiger partial charge in [0.2, 0.25) is 0 Å². The van der Waals surface area contributed by atoms with E-state index in [0.29, 0.717) is 5.75 Å². The van der Waals surface area contributed by atoms with Crippen molar-refractivity contribution in [1.29, 1.82) is 0 Å². The minimum atomic E-state index is -0.286. The third kappa shape index (κ3) is 5.30. The first-order valence-corrected chi connectivity index (χ1v) is 10.7. The Hall–Kier alpha value is -2.53. The molecular formula is C24H30N2O3. The maximum atomic E-state index is 11.0. The molecule has 2 aromatic carbocycles. The molecule has 5 nitrogen and oxygen atoms in total. The first-order valence-electron chi connectivity index (χ1n) is 10.7. The Morgan fingerprint density at radius 3 is 2.41 bits per heavy atom. The van der Waals surface area contributed by atoms with Gasteiger partial charge < -0.3 is 14.4 Å². The standard InChI is InChI=1S/C24H30N2O3/c1-19(27)29-23-10-7-22(8-11-23)26-15-13-25(14-16-26)12-3-17-28-24-9-6-20-4-2-5-21(20)18-24/h6-11,18H,2-5,12-17H2,1H3. The van der Waals surface area contributed by atoms with Crippen LogP contribution < -0.4 is 14.4 Å². The number of ether oxygens (including phenoxy) is 2. The first kappa shape index (κ1) is 19.8. The van der Waals surface area contributed by atoms with Crippen molar-refractivity contribution in [2.45, 2.75) is 32.6 Å². The summed E-state index contributed by atoms with van der Waals surface area (Å²) >= 11 is 0. The molecule has 0 bridgehead atoms. The molecule has 0 amide bonds. The van der Waals surface area contributed by atoms with Gasteiger partial charge in [-0.15, -0.1) is 0 Å². The number of hydrogen-bond acceptors (Lipinski definition) is 5. The van der Waals surface area contributed by atoms with Crippen molar-refractivity contribution in [3.05, 3.63) is 53.6 Å². The molecule has 0 radical (unpaired) electrons. The molecule has 1 aliphatic heterocycles. The fourth-order valence-corrected chi connectivity index (χ4v) is 4.24. The summed E-state index contributed by atoms with van der Waals surface area (Å²) in [4.78, 5) is 15.9. The van der Waals surface area contributed by atoms with Crippen LogP contribution in [0.3, 0.4) is 0 Å². The SMILES string of the molecule is CC(=O)Oc1ccc(N2CCN(CCCOc3ccc4c(c3)CCC4)CC2)cc1. The van der Waals surface area contributed by atoms with Crippen molar-refractivity contribution >= 4 is 11.7 Å². The lowest BCUT2D eigenvalue weighted by atomic mass is 10.1. The normalized spacial score (nSPS) is 16.5. The summed E-state index contributed by atoms with van der Waals surface area (Å²) in [6.07, 6.45) is 4.75. The minimum absolute atomic E-state index is 0.286. The van der Waals surface area contributed by atoms with E-state index in [1.807, 2.05) is 24.3 Å². The van der Waals surface area contributed by atoms with Crippen molar-refractivity contribution < 1.29 is 14.3 Å². The minimum Gasteiger partial charge on any atom is -0.494 e. The lowest BCUT2D eigenvalue weighted by Gasteiger charge is -2.36. The molecule has 5 heteroatoms. The summed E-state index contributed by atoms with van der Waals surface area (Å²) in [5, 5.41) is 0. The highest BCUT2D eigenvalue weighted by molar-refractivity contribution is 5.69. The molecule has 0 saturated carbocycles. The monoisotopic (exact) mass is 394 g/mol. The Balaban J connectivity index is 1.16. The highest BCUT2D eigenvalue weighted by atomic mass is 16.5. The van der Waals surface area contributed by atoms with Crippen LogP contribution in [-0.4, -0.2) is 50.2 Å². The molecule has 1 saturated heterocycles. The number of hydrogen-bond donors (Lipinski definition) is 0. The Kier molecular flexibility index (Phi) is 6.35. The number of esters is 1. The van der Waals surface area contributed by atoms with E-state index < -0.39 is 0 Å². The summed E-state index contributed by atoms with van der Waals surface area (Å²) in [5.74, 6) is 1.34. The molecule has 1 heterocycles. The van der Waals surface area contributed by atoms with Gasteiger partial charge in [-0.3, -0.25) is 9.69 Å². The molecule has 29 heavy (non-hydrogen) atoms. The van der Waals surface area contributed by atoms with E-state index >= 15 is 0 Å². The fraction of sp³-hybridized carbons (Fsp3) is 0.458. The number of carbonyl (C=O) groups excluding carboxylic acids is 1. The van der Waals surface area contributed by atoms with Crippen LogP contribution >= 0.6 is 0 Å². The Bertz CT molecular complexity index is 827. The quantitative estimate of drug-likeness (QED) is 0.407.